The van der Waals surface area contributed by atoms with Gasteiger partial charge in [-0.1, -0.05) is 70.0 Å². The average Bonchev–Trinajstić information content (AvgIpc) is 3.25. The maximum atomic E-state index is 13.3. The van der Waals surface area contributed by atoms with Crippen LogP contribution in [-0.2, 0) is 14.3 Å². The van der Waals surface area contributed by atoms with Crippen LogP contribution in [0.25, 0.3) is 22.2 Å². The van der Waals surface area contributed by atoms with Gasteiger partial charge in [0.1, 0.15) is 0 Å². The summed E-state index contributed by atoms with van der Waals surface area (Å²) in [7, 11) is 0. The molecule has 0 bridgehead atoms. The van der Waals surface area contributed by atoms with E-state index in [1.54, 1.807) is 54.6 Å². The van der Waals surface area contributed by atoms with E-state index in [2.05, 4.69) is 15.9 Å². The van der Waals surface area contributed by atoms with Crippen LogP contribution in [0.3, 0.4) is 0 Å². The van der Waals surface area contributed by atoms with Crippen LogP contribution in [0.5, 0.6) is 0 Å². The van der Waals surface area contributed by atoms with E-state index in [0.29, 0.717) is 46.3 Å². The highest BCUT2D eigenvalue weighted by Crippen LogP contribution is 2.38. The van der Waals surface area contributed by atoms with Crippen molar-refractivity contribution < 1.29 is 23.9 Å². The average molecular weight is 609 g/mol. The fraction of sp³-hybridized carbons (Fsp3) is 0.182. The molecule has 1 fully saturated rings. The first kappa shape index (κ1) is 26.8. The molecule has 1 saturated heterocycles. The summed E-state index contributed by atoms with van der Waals surface area (Å²) in [5, 5.41) is 0.581. The van der Waals surface area contributed by atoms with Crippen molar-refractivity contribution in [3.8, 4) is 11.3 Å². The van der Waals surface area contributed by atoms with Gasteiger partial charge in [0.25, 0.3) is 0 Å². The number of fused-ring (bicyclic) bond motifs is 2. The van der Waals surface area contributed by atoms with E-state index in [1.165, 1.54) is 4.90 Å². The van der Waals surface area contributed by atoms with Crippen LogP contribution in [0.15, 0.2) is 89.4 Å². The van der Waals surface area contributed by atoms with E-state index in [0.717, 1.165) is 10.0 Å². The third-order valence-corrected chi connectivity index (χ3v) is 8.12. The molecule has 1 aliphatic carbocycles. The predicted octanol–water partition coefficient (Wildman–Crippen LogP) is 6.47. The summed E-state index contributed by atoms with van der Waals surface area (Å²) in [4.78, 5) is 57.9. The number of pyridine rings is 1. The van der Waals surface area contributed by atoms with Crippen molar-refractivity contribution in [2.24, 2.45) is 11.8 Å². The minimum atomic E-state index is -0.640. The number of Topliss-reactive ketones (excluding diaryl/α,β-unsaturated/α-hetero) is 1. The molecule has 8 heteroatoms. The highest BCUT2D eigenvalue weighted by Gasteiger charge is 2.47. The van der Waals surface area contributed by atoms with E-state index in [9.17, 15) is 19.2 Å². The molecule has 1 aliphatic heterocycles. The second-order valence-electron chi connectivity index (χ2n) is 10.3. The number of esters is 1. The third-order valence-electron chi connectivity index (χ3n) is 7.63. The number of benzene rings is 3. The highest BCUT2D eigenvalue weighted by atomic mass is 79.9. The number of carbonyl (C=O) groups is 4. The molecule has 41 heavy (non-hydrogen) atoms. The summed E-state index contributed by atoms with van der Waals surface area (Å²) in [5.41, 5.74) is 4.07. The number of ether oxygens (including phenoxy) is 1. The minimum Gasteiger partial charge on any atom is -0.454 e. The molecule has 2 amide bonds. The van der Waals surface area contributed by atoms with Crippen LogP contribution in [0.2, 0.25) is 0 Å². The molecule has 6 rings (SSSR count). The summed E-state index contributed by atoms with van der Waals surface area (Å²) >= 11 is 3.45. The zero-order valence-electron chi connectivity index (χ0n) is 22.2. The highest BCUT2D eigenvalue weighted by molar-refractivity contribution is 9.10. The van der Waals surface area contributed by atoms with Gasteiger partial charge in [-0.2, -0.15) is 0 Å². The Morgan fingerprint density at radius 1 is 0.902 bits per heavy atom. The van der Waals surface area contributed by atoms with Gasteiger partial charge in [0.2, 0.25) is 11.8 Å². The Balaban J connectivity index is 1.28. The van der Waals surface area contributed by atoms with Crippen LogP contribution in [0.4, 0.5) is 5.69 Å². The summed E-state index contributed by atoms with van der Waals surface area (Å²) in [6, 6.07) is 21.1. The minimum absolute atomic E-state index is 0.170. The smallest absolute Gasteiger partial charge is 0.339 e. The molecule has 2 heterocycles. The van der Waals surface area contributed by atoms with Crippen LogP contribution < -0.4 is 4.90 Å². The molecule has 3 aromatic carbocycles. The SMILES string of the molecule is Cc1ccc(C(=O)COC(=O)c2cc(-c3ccc(N4C(=O)[C@@H]5CC=CC[C@H]5C4=O)cc3)nc3ccc(Br)cc23)cc1. The first-order chi connectivity index (χ1) is 19.8. The van der Waals surface area contributed by atoms with Crippen LogP contribution in [0, 0.1) is 18.8 Å². The molecular weight excluding hydrogens is 584 g/mol. The molecule has 2 aliphatic rings. The van der Waals surface area contributed by atoms with Crippen molar-refractivity contribution >= 4 is 56.1 Å². The molecule has 1 aromatic heterocycles. The summed E-state index contributed by atoms with van der Waals surface area (Å²) in [6.07, 6.45) is 5.08. The van der Waals surface area contributed by atoms with Gasteiger partial charge in [0.15, 0.2) is 12.4 Å². The topological polar surface area (TPSA) is 93.6 Å². The molecule has 0 spiro atoms. The quantitative estimate of drug-likeness (QED) is 0.108. The van der Waals surface area contributed by atoms with Gasteiger partial charge in [0.05, 0.1) is 34.3 Å². The van der Waals surface area contributed by atoms with Gasteiger partial charge in [-0.25, -0.2) is 9.78 Å². The lowest BCUT2D eigenvalue weighted by molar-refractivity contribution is -0.122. The molecule has 7 nitrogen and oxygen atoms in total. The molecular formula is C33H25BrN2O5. The molecule has 204 valence electrons. The van der Waals surface area contributed by atoms with Gasteiger partial charge in [-0.05, 0) is 56.2 Å². The molecule has 4 aromatic rings. The maximum absolute atomic E-state index is 13.3. The number of aromatic nitrogens is 1. The van der Waals surface area contributed by atoms with Crippen molar-refractivity contribution in [3.63, 3.8) is 0 Å². The van der Waals surface area contributed by atoms with E-state index >= 15 is 0 Å². The summed E-state index contributed by atoms with van der Waals surface area (Å²) in [6.45, 7) is 1.54. The first-order valence-corrected chi connectivity index (χ1v) is 14.1. The maximum Gasteiger partial charge on any atom is 0.339 e. The number of carbonyl (C=O) groups excluding carboxylic acids is 4. The number of anilines is 1. The number of rotatable bonds is 6. The van der Waals surface area contributed by atoms with E-state index in [4.69, 9.17) is 9.72 Å². The standard InChI is InChI=1S/C33H25BrN2O5/c1-19-6-8-21(9-7-19)30(37)18-41-33(40)27-17-29(35-28-15-12-22(34)16-26(27)28)20-10-13-23(14-11-20)36-31(38)24-4-2-3-5-25(24)32(36)39/h2-3,6-17,24-25H,4-5,18H2,1H3/t24-,25-/m1/s1. The number of ketones is 1. The Labute approximate surface area is 245 Å². The first-order valence-electron chi connectivity index (χ1n) is 13.3. The number of allylic oxidation sites excluding steroid dienone is 2. The van der Waals surface area contributed by atoms with E-state index in [-0.39, 0.29) is 41.6 Å². The Hall–Kier alpha value is -4.43. The van der Waals surface area contributed by atoms with Crippen molar-refractivity contribution in [1.29, 1.82) is 0 Å². The fourth-order valence-corrected chi connectivity index (χ4v) is 5.74. The Morgan fingerprint density at radius 2 is 1.56 bits per heavy atom. The fourth-order valence-electron chi connectivity index (χ4n) is 5.38. The van der Waals surface area contributed by atoms with Gasteiger partial charge < -0.3 is 4.74 Å². The molecule has 0 saturated carbocycles. The molecule has 0 radical (unpaired) electrons. The molecule has 2 atom stereocenters. The van der Waals surface area contributed by atoms with Crippen molar-refractivity contribution in [2.75, 3.05) is 11.5 Å². The lowest BCUT2D eigenvalue weighted by atomic mass is 9.85. The van der Waals surface area contributed by atoms with Crippen LogP contribution >= 0.6 is 15.9 Å². The monoisotopic (exact) mass is 608 g/mol. The number of halogens is 1. The van der Waals surface area contributed by atoms with Crippen molar-refractivity contribution in [3.05, 3.63) is 106 Å². The number of aryl methyl sites for hydroxylation is 1. The van der Waals surface area contributed by atoms with E-state index < -0.39 is 5.97 Å². The summed E-state index contributed by atoms with van der Waals surface area (Å²) in [5.74, 6) is -1.89. The van der Waals surface area contributed by atoms with Gasteiger partial charge in [-0.3, -0.25) is 19.3 Å². The van der Waals surface area contributed by atoms with Gasteiger partial charge in [0, 0.05) is 21.0 Å². The lowest BCUT2D eigenvalue weighted by Gasteiger charge is -2.15. The Kier molecular flexibility index (Phi) is 7.09. The number of nitrogens with zero attached hydrogens (tertiary/aromatic N) is 2. The number of hydrogen-bond acceptors (Lipinski definition) is 6. The van der Waals surface area contributed by atoms with Gasteiger partial charge in [-0.15, -0.1) is 0 Å². The molecule has 0 N–H and O–H groups in total. The largest absolute Gasteiger partial charge is 0.454 e. The van der Waals surface area contributed by atoms with E-state index in [1.807, 2.05) is 37.3 Å². The predicted molar refractivity (Wildman–Crippen MR) is 159 cm³/mol. The second-order valence-corrected chi connectivity index (χ2v) is 11.2. The summed E-state index contributed by atoms with van der Waals surface area (Å²) < 4.78 is 6.22. The lowest BCUT2D eigenvalue weighted by Crippen LogP contribution is -2.30. The third kappa shape index (κ3) is 5.11. The van der Waals surface area contributed by atoms with Crippen molar-refractivity contribution in [1.82, 2.24) is 4.98 Å². The second kappa shape index (κ2) is 10.9. The Bertz CT molecular complexity index is 1720. The van der Waals surface area contributed by atoms with Crippen LogP contribution in [0.1, 0.15) is 39.1 Å². The van der Waals surface area contributed by atoms with Crippen molar-refractivity contribution in [2.45, 2.75) is 19.8 Å². The zero-order chi connectivity index (χ0) is 28.7. The molecule has 0 unspecified atom stereocenters. The Morgan fingerprint density at radius 3 is 2.22 bits per heavy atom. The number of imide groups is 1. The van der Waals surface area contributed by atoms with Crippen LogP contribution in [-0.4, -0.2) is 35.2 Å². The number of amides is 2. The normalized spacial score (nSPS) is 18.0. The number of hydrogen-bond donors (Lipinski definition) is 0. The zero-order valence-corrected chi connectivity index (χ0v) is 23.8. The van der Waals surface area contributed by atoms with Gasteiger partial charge >= 0.3 is 5.97 Å².